The lowest BCUT2D eigenvalue weighted by molar-refractivity contribution is -0.121. The van der Waals surface area contributed by atoms with Crippen LogP contribution in [-0.4, -0.2) is 191 Å². The Hall–Kier alpha value is -9.28. The van der Waals surface area contributed by atoms with Crippen molar-refractivity contribution < 1.29 is 28.7 Å². The second kappa shape index (κ2) is 25.9. The molecule has 0 radical (unpaired) electrons. The van der Waals surface area contributed by atoms with E-state index in [9.17, 15) is 19.2 Å². The third kappa shape index (κ3) is 14.1. The topological polar surface area (TPSA) is 192 Å². The van der Waals surface area contributed by atoms with Gasteiger partial charge in [0.2, 0.25) is 11.6 Å². The molecule has 2 saturated heterocycles. The number of hydrogen-bond donors (Lipinski definition) is 2. The number of amides is 4. The van der Waals surface area contributed by atoms with E-state index < -0.39 is 23.9 Å². The van der Waals surface area contributed by atoms with Gasteiger partial charge in [-0.25, -0.2) is 19.3 Å². The highest BCUT2D eigenvalue weighted by Gasteiger charge is 2.33. The zero-order valence-electron chi connectivity index (χ0n) is 44.7. The molecule has 20 heteroatoms. The first kappa shape index (κ1) is 54.1. The van der Waals surface area contributed by atoms with Gasteiger partial charge in [-0.05, 0) is 59.4 Å². The van der Waals surface area contributed by atoms with Gasteiger partial charge in [-0.2, -0.15) is 0 Å². The Kier molecular flexibility index (Phi) is 17.5. The zero-order chi connectivity index (χ0) is 55.2. The van der Waals surface area contributed by atoms with Crippen LogP contribution in [-0.2, 0) is 22.7 Å². The molecule has 6 aromatic rings. The molecule has 2 N–H and O–H groups in total. The molecular formula is C60H60N14O6. The predicted molar refractivity (Wildman–Crippen MR) is 299 cm³/mol. The summed E-state index contributed by atoms with van der Waals surface area (Å²) in [6.07, 6.45) is 2.99. The normalized spacial score (nSPS) is 17.6. The van der Waals surface area contributed by atoms with Gasteiger partial charge in [-0.15, -0.1) is 10.2 Å². The lowest BCUT2D eigenvalue weighted by Crippen LogP contribution is -2.49. The Bertz CT molecular complexity index is 3240. The Morgan fingerprint density at radius 3 is 1.29 bits per heavy atom. The van der Waals surface area contributed by atoms with E-state index in [1.165, 1.54) is 22.5 Å². The highest BCUT2D eigenvalue weighted by molar-refractivity contribution is 6.03. The molecule has 4 aliphatic rings. The number of rotatable bonds is 12. The van der Waals surface area contributed by atoms with Gasteiger partial charge < -0.3 is 29.9 Å². The van der Waals surface area contributed by atoms with E-state index in [1.54, 1.807) is 35.6 Å². The van der Waals surface area contributed by atoms with Crippen LogP contribution in [0.3, 0.4) is 0 Å². The summed E-state index contributed by atoms with van der Waals surface area (Å²) in [5, 5.41) is 14.1. The van der Waals surface area contributed by atoms with Crippen LogP contribution in [0.4, 0.5) is 11.4 Å². The molecule has 0 bridgehead atoms. The molecule has 2 aromatic heterocycles. The molecule has 4 aliphatic heterocycles. The highest BCUT2D eigenvalue weighted by Crippen LogP contribution is 2.33. The van der Waals surface area contributed by atoms with E-state index in [0.29, 0.717) is 62.1 Å². The highest BCUT2D eigenvalue weighted by atomic mass is 16.5. The standard InChI is InChI=1S/C60H60N14O6/c1-67-51-37-45(21-23-53(51)79-41-49(59(67)77)63-57(75)55-61-43-73(65-55)39-47-15-7-5-8-16-47)19-13-27-71-33-29-69(30-34-71)25-11-3-4-12-26-70-31-35-72(36-32-70)28-14-20-46-22-24-54-52(38-46)68(2)60(78)50(42-80-54)64-58(76)56-62-44-74(66-56)40-48-17-9-6-10-18-48/h5-10,15-18,21-24,37-38,43-44,49-50H,25-36,39-42H2,1-2H3,(H,63,75)(H,64,76)/t49-,50-/m0/s1. The van der Waals surface area contributed by atoms with Gasteiger partial charge in [0, 0.05) is 77.6 Å². The lowest BCUT2D eigenvalue weighted by Gasteiger charge is -2.32. The van der Waals surface area contributed by atoms with Crippen LogP contribution in [0.15, 0.2) is 110 Å². The Labute approximate surface area is 465 Å². The van der Waals surface area contributed by atoms with E-state index in [1.807, 2.05) is 84.9 Å². The van der Waals surface area contributed by atoms with Gasteiger partial charge in [0.1, 0.15) is 49.5 Å². The van der Waals surface area contributed by atoms with Crippen LogP contribution < -0.4 is 29.9 Å². The van der Waals surface area contributed by atoms with Crippen LogP contribution in [0.1, 0.15) is 43.5 Å². The van der Waals surface area contributed by atoms with Gasteiger partial charge in [-0.3, -0.25) is 38.8 Å². The van der Waals surface area contributed by atoms with Crippen molar-refractivity contribution in [2.75, 3.05) is 116 Å². The number of nitrogens with zero attached hydrogens (tertiary/aromatic N) is 12. The smallest absolute Gasteiger partial charge is 0.291 e. The summed E-state index contributed by atoms with van der Waals surface area (Å²) >= 11 is 0. The molecule has 0 spiro atoms. The van der Waals surface area contributed by atoms with Gasteiger partial charge in [0.05, 0.1) is 50.6 Å². The van der Waals surface area contributed by atoms with Crippen molar-refractivity contribution in [3.8, 4) is 58.9 Å². The van der Waals surface area contributed by atoms with Crippen LogP contribution >= 0.6 is 0 Å². The van der Waals surface area contributed by atoms with Crippen LogP contribution in [0.5, 0.6) is 11.5 Å². The van der Waals surface area contributed by atoms with Crippen molar-refractivity contribution in [2.45, 2.75) is 25.2 Å². The number of likely N-dealkylation sites (N-methyl/N-ethyl adjacent to an activating group) is 2. The van der Waals surface area contributed by atoms with E-state index in [4.69, 9.17) is 9.47 Å². The molecule has 6 heterocycles. The quantitative estimate of drug-likeness (QED) is 0.169. The van der Waals surface area contributed by atoms with Crippen LogP contribution in [0, 0.1) is 47.4 Å². The Morgan fingerprint density at radius 2 is 0.900 bits per heavy atom. The third-order valence-corrected chi connectivity index (χ3v) is 14.0. The van der Waals surface area contributed by atoms with Crippen molar-refractivity contribution >= 4 is 35.0 Å². The summed E-state index contributed by atoms with van der Waals surface area (Å²) < 4.78 is 15.1. The molecular weight excluding hydrogens is 1010 g/mol. The minimum absolute atomic E-state index is 0.0267. The molecule has 2 fully saturated rings. The first-order chi connectivity index (χ1) is 39.1. The molecule has 0 unspecified atom stereocenters. The summed E-state index contributed by atoms with van der Waals surface area (Å²) in [4.78, 5) is 73.7. The van der Waals surface area contributed by atoms with E-state index in [-0.39, 0.29) is 36.7 Å². The summed E-state index contributed by atoms with van der Waals surface area (Å²) in [5.41, 5.74) is 4.71. The number of fused-ring (bicyclic) bond motifs is 2. The minimum Gasteiger partial charge on any atom is -0.489 e. The van der Waals surface area contributed by atoms with Crippen molar-refractivity contribution in [3.63, 3.8) is 0 Å². The largest absolute Gasteiger partial charge is 0.489 e. The predicted octanol–water partition coefficient (Wildman–Crippen LogP) is 1.92. The number of benzene rings is 4. The van der Waals surface area contributed by atoms with Gasteiger partial charge in [0.15, 0.2) is 0 Å². The molecule has 0 aliphatic carbocycles. The number of anilines is 2. The maximum absolute atomic E-state index is 13.5. The fourth-order valence-corrected chi connectivity index (χ4v) is 9.40. The SMILES string of the molecule is CN1C(=O)[C@@H](NC(=O)c2ncn(Cc3ccccc3)n2)COc2ccc(C#CCN3CCN(CC#CC#CCN4CCN(CC#Cc5ccc6c(c5)N(C)C(=O)[C@@H](NC(=O)c5ncn(Cc7ccccc7)n5)CO6)CC4)CC3)cc21. The average Bonchev–Trinajstić information content (AvgIpc) is 4.14. The van der Waals surface area contributed by atoms with Gasteiger partial charge in [0.25, 0.3) is 23.6 Å². The minimum atomic E-state index is -0.931. The summed E-state index contributed by atoms with van der Waals surface area (Å²) in [5.74, 6) is 24.9. The van der Waals surface area contributed by atoms with Crippen molar-refractivity contribution in [3.05, 3.63) is 144 Å². The van der Waals surface area contributed by atoms with Crippen molar-refractivity contribution in [2.24, 2.45) is 0 Å². The fourth-order valence-electron chi connectivity index (χ4n) is 9.40. The number of carbonyl (C=O) groups excluding carboxylic acids is 4. The number of nitrogens with one attached hydrogen (secondary N) is 2. The number of carbonyl (C=O) groups is 4. The monoisotopic (exact) mass is 1070 g/mol. The van der Waals surface area contributed by atoms with Gasteiger partial charge >= 0.3 is 0 Å². The number of hydrogen-bond acceptors (Lipinski definition) is 14. The lowest BCUT2D eigenvalue weighted by atomic mass is 10.1. The molecule has 10 rings (SSSR count). The summed E-state index contributed by atoms with van der Waals surface area (Å²) in [6, 6.07) is 28.7. The third-order valence-electron chi connectivity index (χ3n) is 14.0. The first-order valence-corrected chi connectivity index (χ1v) is 26.5. The van der Waals surface area contributed by atoms with Crippen LogP contribution in [0.25, 0.3) is 0 Å². The average molecular weight is 1070 g/mol. The second-order valence-corrected chi connectivity index (χ2v) is 19.6. The zero-order valence-corrected chi connectivity index (χ0v) is 44.7. The fraction of sp³-hybridized carbons (Fsp3) is 0.333. The Balaban J connectivity index is 0.601. The van der Waals surface area contributed by atoms with Crippen molar-refractivity contribution in [1.82, 2.24) is 59.8 Å². The molecule has 406 valence electrons. The van der Waals surface area contributed by atoms with Crippen LogP contribution in [0.2, 0.25) is 0 Å². The molecule has 0 saturated carbocycles. The second-order valence-electron chi connectivity index (χ2n) is 19.6. The maximum Gasteiger partial charge on any atom is 0.291 e. The van der Waals surface area contributed by atoms with E-state index in [2.05, 4.69) is 97.8 Å². The number of aromatic nitrogens is 6. The molecule has 20 nitrogen and oxygen atoms in total. The molecule has 80 heavy (non-hydrogen) atoms. The van der Waals surface area contributed by atoms with Crippen molar-refractivity contribution in [1.29, 1.82) is 0 Å². The molecule has 4 amide bonds. The van der Waals surface area contributed by atoms with E-state index in [0.717, 1.165) is 74.6 Å². The maximum atomic E-state index is 13.5. The summed E-state index contributed by atoms with van der Waals surface area (Å²) in [7, 11) is 3.32. The molecule has 4 aromatic carbocycles. The number of ether oxygens (including phenoxy) is 2. The van der Waals surface area contributed by atoms with E-state index >= 15 is 0 Å². The Morgan fingerprint density at radius 1 is 0.525 bits per heavy atom. The number of piperazine rings is 2. The first-order valence-electron chi connectivity index (χ1n) is 26.5. The summed E-state index contributed by atoms with van der Waals surface area (Å²) in [6.45, 7) is 10.5. The molecule has 2 atom stereocenters. The van der Waals surface area contributed by atoms with Gasteiger partial charge in [-0.1, -0.05) is 96.2 Å².